The second kappa shape index (κ2) is 6.57. The van der Waals surface area contributed by atoms with Crippen LogP contribution in [-0.4, -0.2) is 11.1 Å². The van der Waals surface area contributed by atoms with Crippen molar-refractivity contribution in [1.82, 2.24) is 5.48 Å². The third kappa shape index (κ3) is 3.16. The molecule has 0 saturated heterocycles. The van der Waals surface area contributed by atoms with Crippen LogP contribution in [0.2, 0.25) is 10.0 Å². The molecule has 136 valence electrons. The number of benzene rings is 3. The fraction of sp³-hybridized carbons (Fsp3) is 0.0952. The number of hydrogen-bond donors (Lipinski definition) is 2. The van der Waals surface area contributed by atoms with E-state index in [4.69, 9.17) is 28.0 Å². The molecule has 0 radical (unpaired) electrons. The molecule has 1 unspecified atom stereocenters. The van der Waals surface area contributed by atoms with Crippen molar-refractivity contribution in [1.29, 1.82) is 0 Å². The molecule has 0 spiro atoms. The Kier molecular flexibility index (Phi) is 4.35. The van der Waals surface area contributed by atoms with E-state index >= 15 is 0 Å². The van der Waals surface area contributed by atoms with Crippen molar-refractivity contribution in [2.24, 2.45) is 0 Å². The van der Waals surface area contributed by atoms with Crippen molar-refractivity contribution >= 4 is 45.6 Å². The number of carboxylic acid groups (broad SMARTS) is 1. The molecule has 0 fully saturated rings. The average molecular weight is 400 g/mol. The van der Waals surface area contributed by atoms with Crippen molar-refractivity contribution in [2.45, 2.75) is 12.5 Å². The van der Waals surface area contributed by atoms with Gasteiger partial charge in [0.1, 0.15) is 5.60 Å². The van der Waals surface area contributed by atoms with Crippen molar-refractivity contribution in [3.05, 3.63) is 87.4 Å². The van der Waals surface area contributed by atoms with Crippen LogP contribution < -0.4 is 5.48 Å². The molecule has 0 bridgehead atoms. The molecule has 0 aromatic heterocycles. The fourth-order valence-corrected chi connectivity index (χ4v) is 3.86. The van der Waals surface area contributed by atoms with Crippen LogP contribution >= 0.6 is 23.2 Å². The highest BCUT2D eigenvalue weighted by molar-refractivity contribution is 6.34. The molecule has 4 rings (SSSR count). The number of halogens is 2. The molecule has 2 N–H and O–H groups in total. The highest BCUT2D eigenvalue weighted by atomic mass is 35.5. The summed E-state index contributed by atoms with van der Waals surface area (Å²) < 4.78 is 0. The predicted molar refractivity (Wildman–Crippen MR) is 107 cm³/mol. The van der Waals surface area contributed by atoms with E-state index in [1.165, 1.54) is 0 Å². The number of aromatic carboxylic acids is 1. The molecule has 1 heterocycles. The van der Waals surface area contributed by atoms with Gasteiger partial charge in [-0.05, 0) is 53.6 Å². The molecule has 1 atom stereocenters. The topological polar surface area (TPSA) is 58.6 Å². The van der Waals surface area contributed by atoms with Gasteiger partial charge in [0.15, 0.2) is 0 Å². The minimum atomic E-state index is -0.958. The summed E-state index contributed by atoms with van der Waals surface area (Å²) in [6, 6.07) is 16.1. The Morgan fingerprint density at radius 3 is 2.37 bits per heavy atom. The first kappa shape index (κ1) is 17.9. The summed E-state index contributed by atoms with van der Waals surface area (Å²) in [6.45, 7) is 1.91. The molecule has 3 aromatic carbocycles. The molecule has 0 saturated carbocycles. The lowest BCUT2D eigenvalue weighted by Gasteiger charge is -2.21. The van der Waals surface area contributed by atoms with Crippen LogP contribution in [-0.2, 0) is 10.4 Å². The highest BCUT2D eigenvalue weighted by Gasteiger charge is 2.33. The Balaban J connectivity index is 1.84. The zero-order valence-corrected chi connectivity index (χ0v) is 15.8. The van der Waals surface area contributed by atoms with Gasteiger partial charge in [0, 0.05) is 15.6 Å². The summed E-state index contributed by atoms with van der Waals surface area (Å²) in [7, 11) is 0. The lowest BCUT2D eigenvalue weighted by atomic mass is 9.92. The molecular formula is C21H15Cl2NO3. The van der Waals surface area contributed by atoms with Gasteiger partial charge in [-0.3, -0.25) is 10.3 Å². The highest BCUT2D eigenvalue weighted by Crippen LogP contribution is 2.38. The minimum absolute atomic E-state index is 0.262. The van der Waals surface area contributed by atoms with Gasteiger partial charge in [0.25, 0.3) is 0 Å². The Morgan fingerprint density at radius 1 is 1.04 bits per heavy atom. The Hall–Kier alpha value is -2.53. The van der Waals surface area contributed by atoms with Crippen LogP contribution in [0.3, 0.4) is 0 Å². The first-order valence-electron chi connectivity index (χ1n) is 8.26. The summed E-state index contributed by atoms with van der Waals surface area (Å²) in [5.74, 6) is -0.958. The van der Waals surface area contributed by atoms with Gasteiger partial charge in [0.05, 0.1) is 11.3 Å². The van der Waals surface area contributed by atoms with Crippen molar-refractivity contribution in [3.8, 4) is 0 Å². The second-order valence-electron chi connectivity index (χ2n) is 6.54. The standard InChI is InChI=1S/C21H15Cl2NO3/c1-21(12-8-13(22)10-14(23)9-12)11-19(24-27-21)17-6-7-18(20(25)26)16-5-3-2-4-15(16)17/h2-11,24H,1H3,(H,25,26). The number of nitrogens with one attached hydrogen (secondary N) is 1. The maximum absolute atomic E-state index is 11.5. The van der Waals surface area contributed by atoms with Gasteiger partial charge < -0.3 is 5.11 Å². The maximum Gasteiger partial charge on any atom is 0.336 e. The Labute approximate surface area is 165 Å². The molecule has 3 aromatic rings. The zero-order valence-electron chi connectivity index (χ0n) is 14.3. The Bertz CT molecular complexity index is 1090. The van der Waals surface area contributed by atoms with Gasteiger partial charge >= 0.3 is 5.97 Å². The lowest BCUT2D eigenvalue weighted by Crippen LogP contribution is -2.23. The van der Waals surface area contributed by atoms with Crippen LogP contribution in [0.15, 0.2) is 60.7 Å². The van der Waals surface area contributed by atoms with Crippen LogP contribution in [0.4, 0.5) is 0 Å². The van der Waals surface area contributed by atoms with Gasteiger partial charge in [-0.25, -0.2) is 4.79 Å². The van der Waals surface area contributed by atoms with Crippen molar-refractivity contribution in [2.75, 3.05) is 0 Å². The van der Waals surface area contributed by atoms with Crippen molar-refractivity contribution in [3.63, 3.8) is 0 Å². The largest absolute Gasteiger partial charge is 0.478 e. The van der Waals surface area contributed by atoms with Crippen LogP contribution in [0.25, 0.3) is 16.5 Å². The number of hydrogen-bond acceptors (Lipinski definition) is 3. The van der Waals surface area contributed by atoms with E-state index in [0.717, 1.165) is 22.2 Å². The minimum Gasteiger partial charge on any atom is -0.478 e. The van der Waals surface area contributed by atoms with E-state index in [1.54, 1.807) is 36.4 Å². The number of fused-ring (bicyclic) bond motifs is 1. The molecule has 1 aliphatic heterocycles. The van der Waals surface area contributed by atoms with Crippen molar-refractivity contribution < 1.29 is 14.7 Å². The van der Waals surface area contributed by atoms with Gasteiger partial charge in [-0.1, -0.05) is 53.5 Å². The van der Waals surface area contributed by atoms with E-state index in [9.17, 15) is 9.90 Å². The SMILES string of the molecule is CC1(c2cc(Cl)cc(Cl)c2)C=C(c2ccc(C(=O)O)c3ccccc23)NO1. The van der Waals surface area contributed by atoms with Crippen LogP contribution in [0, 0.1) is 0 Å². The number of carboxylic acids is 1. The van der Waals surface area contributed by atoms with Gasteiger partial charge in [0.2, 0.25) is 0 Å². The molecule has 0 amide bonds. The summed E-state index contributed by atoms with van der Waals surface area (Å²) in [5.41, 5.74) is 4.88. The van der Waals surface area contributed by atoms with Crippen LogP contribution in [0.5, 0.6) is 0 Å². The van der Waals surface area contributed by atoms with E-state index in [0.29, 0.717) is 15.4 Å². The fourth-order valence-electron chi connectivity index (χ4n) is 3.33. The molecule has 27 heavy (non-hydrogen) atoms. The number of carbonyl (C=O) groups is 1. The first-order valence-corrected chi connectivity index (χ1v) is 9.02. The third-order valence-electron chi connectivity index (χ3n) is 4.67. The van der Waals surface area contributed by atoms with Gasteiger partial charge in [-0.2, -0.15) is 0 Å². The summed E-state index contributed by atoms with van der Waals surface area (Å²) in [4.78, 5) is 17.4. The summed E-state index contributed by atoms with van der Waals surface area (Å²) in [5, 5.41) is 12.0. The molecular weight excluding hydrogens is 385 g/mol. The van der Waals surface area contributed by atoms with E-state index < -0.39 is 11.6 Å². The molecule has 0 aliphatic carbocycles. The molecule has 4 nitrogen and oxygen atoms in total. The van der Waals surface area contributed by atoms with E-state index in [-0.39, 0.29) is 5.56 Å². The first-order chi connectivity index (χ1) is 12.9. The third-order valence-corrected chi connectivity index (χ3v) is 5.11. The maximum atomic E-state index is 11.5. The van der Waals surface area contributed by atoms with E-state index in [1.807, 2.05) is 31.2 Å². The summed E-state index contributed by atoms with van der Waals surface area (Å²) in [6.07, 6.45) is 1.94. The van der Waals surface area contributed by atoms with E-state index in [2.05, 4.69) is 5.48 Å². The van der Waals surface area contributed by atoms with Gasteiger partial charge in [-0.15, -0.1) is 0 Å². The summed E-state index contributed by atoms with van der Waals surface area (Å²) >= 11 is 12.3. The normalized spacial score (nSPS) is 19.0. The molecule has 1 aliphatic rings. The molecule has 6 heteroatoms. The number of hydroxylamine groups is 1. The Morgan fingerprint density at radius 2 is 1.70 bits per heavy atom. The quantitative estimate of drug-likeness (QED) is 0.598. The predicted octanol–water partition coefficient (Wildman–Crippen LogP) is 5.64. The number of rotatable bonds is 3. The smallest absolute Gasteiger partial charge is 0.336 e. The average Bonchev–Trinajstić information content (AvgIpc) is 3.03. The second-order valence-corrected chi connectivity index (χ2v) is 7.41. The monoisotopic (exact) mass is 399 g/mol. The zero-order chi connectivity index (χ0) is 19.2. The van der Waals surface area contributed by atoms with Crippen LogP contribution in [0.1, 0.15) is 28.4 Å². The lowest BCUT2D eigenvalue weighted by molar-refractivity contribution is -0.0250.